The zero-order valence-corrected chi connectivity index (χ0v) is 11.5. The maximum absolute atomic E-state index is 5.76. The lowest BCUT2D eigenvalue weighted by Gasteiger charge is -2.07. The number of benzene rings is 1. The van der Waals surface area contributed by atoms with E-state index in [1.54, 1.807) is 11.3 Å². The molecule has 1 aromatic carbocycles. The summed E-state index contributed by atoms with van der Waals surface area (Å²) in [4.78, 5) is 5.35. The Morgan fingerprint density at radius 2 is 2.06 bits per heavy atom. The highest BCUT2D eigenvalue weighted by Crippen LogP contribution is 2.17. The van der Waals surface area contributed by atoms with E-state index in [1.807, 2.05) is 32.2 Å². The van der Waals surface area contributed by atoms with Gasteiger partial charge in [0.1, 0.15) is 12.4 Å². The molecule has 0 spiro atoms. The Morgan fingerprint density at radius 3 is 2.61 bits per heavy atom. The van der Waals surface area contributed by atoms with Crippen molar-refractivity contribution in [3.63, 3.8) is 0 Å². The standard InChI is InChI=1S/C14H18N2OS/c1-10(15)7-12-3-5-13(6-4-12)17-9-14-8-16-11(2)18-14/h3-6,8,10H,7,9,15H2,1-2H3. The summed E-state index contributed by atoms with van der Waals surface area (Å²) < 4.78 is 5.70. The summed E-state index contributed by atoms with van der Waals surface area (Å²) in [6.07, 6.45) is 2.76. The topological polar surface area (TPSA) is 48.1 Å². The van der Waals surface area contributed by atoms with E-state index in [1.165, 1.54) is 5.56 Å². The monoisotopic (exact) mass is 262 g/mol. The van der Waals surface area contributed by atoms with Crippen molar-refractivity contribution in [1.29, 1.82) is 0 Å². The Labute approximate surface area is 112 Å². The van der Waals surface area contributed by atoms with Gasteiger partial charge in [0.05, 0.1) is 9.88 Å². The van der Waals surface area contributed by atoms with Gasteiger partial charge in [0.2, 0.25) is 0 Å². The molecule has 18 heavy (non-hydrogen) atoms. The molecule has 4 heteroatoms. The fourth-order valence-electron chi connectivity index (χ4n) is 1.72. The van der Waals surface area contributed by atoms with Gasteiger partial charge < -0.3 is 10.5 Å². The molecule has 1 unspecified atom stereocenters. The molecule has 0 saturated heterocycles. The van der Waals surface area contributed by atoms with Crippen LogP contribution in [0.25, 0.3) is 0 Å². The average molecular weight is 262 g/mol. The van der Waals surface area contributed by atoms with Crippen molar-refractivity contribution in [2.24, 2.45) is 5.73 Å². The molecule has 0 bridgehead atoms. The van der Waals surface area contributed by atoms with Crippen LogP contribution in [-0.2, 0) is 13.0 Å². The highest BCUT2D eigenvalue weighted by Gasteiger charge is 2.01. The van der Waals surface area contributed by atoms with E-state index < -0.39 is 0 Å². The lowest BCUT2D eigenvalue weighted by atomic mass is 10.1. The Bertz CT molecular complexity index is 491. The summed E-state index contributed by atoms with van der Waals surface area (Å²) in [7, 11) is 0. The number of ether oxygens (including phenoxy) is 1. The van der Waals surface area contributed by atoms with Gasteiger partial charge in [0.25, 0.3) is 0 Å². The number of thiazole rings is 1. The second-order valence-electron chi connectivity index (χ2n) is 4.46. The summed E-state index contributed by atoms with van der Waals surface area (Å²) in [5.74, 6) is 0.884. The van der Waals surface area contributed by atoms with Crippen molar-refractivity contribution < 1.29 is 4.74 Å². The van der Waals surface area contributed by atoms with Gasteiger partial charge in [-0.15, -0.1) is 11.3 Å². The average Bonchev–Trinajstić information content (AvgIpc) is 2.74. The maximum Gasteiger partial charge on any atom is 0.124 e. The third kappa shape index (κ3) is 3.82. The zero-order valence-electron chi connectivity index (χ0n) is 10.7. The first-order valence-electron chi connectivity index (χ1n) is 6.02. The molecule has 0 fully saturated rings. The number of hydrogen-bond acceptors (Lipinski definition) is 4. The van der Waals surface area contributed by atoms with Crippen LogP contribution in [0.5, 0.6) is 5.75 Å². The minimum atomic E-state index is 0.192. The molecule has 0 aliphatic carbocycles. The molecular formula is C14H18N2OS. The van der Waals surface area contributed by atoms with Gasteiger partial charge in [0, 0.05) is 12.2 Å². The van der Waals surface area contributed by atoms with E-state index in [0.717, 1.165) is 22.1 Å². The predicted octanol–water partition coefficient (Wildman–Crippen LogP) is 2.92. The van der Waals surface area contributed by atoms with Crippen LogP contribution < -0.4 is 10.5 Å². The van der Waals surface area contributed by atoms with E-state index in [9.17, 15) is 0 Å². The fourth-order valence-corrected chi connectivity index (χ4v) is 2.43. The third-order valence-electron chi connectivity index (χ3n) is 2.53. The van der Waals surface area contributed by atoms with Gasteiger partial charge >= 0.3 is 0 Å². The van der Waals surface area contributed by atoms with E-state index >= 15 is 0 Å². The van der Waals surface area contributed by atoms with Gasteiger partial charge in [-0.3, -0.25) is 0 Å². The second kappa shape index (κ2) is 5.98. The fraction of sp³-hybridized carbons (Fsp3) is 0.357. The van der Waals surface area contributed by atoms with Crippen LogP contribution >= 0.6 is 11.3 Å². The summed E-state index contributed by atoms with van der Waals surface area (Å²) in [6.45, 7) is 4.59. The molecule has 2 rings (SSSR count). The minimum absolute atomic E-state index is 0.192. The van der Waals surface area contributed by atoms with Crippen molar-refractivity contribution in [3.8, 4) is 5.75 Å². The molecule has 0 aliphatic rings. The van der Waals surface area contributed by atoms with Gasteiger partial charge in [-0.2, -0.15) is 0 Å². The van der Waals surface area contributed by atoms with Crippen molar-refractivity contribution >= 4 is 11.3 Å². The van der Waals surface area contributed by atoms with Crippen molar-refractivity contribution in [3.05, 3.63) is 45.9 Å². The summed E-state index contributed by atoms with van der Waals surface area (Å²) in [5, 5.41) is 1.07. The molecule has 0 amide bonds. The molecule has 1 atom stereocenters. The van der Waals surface area contributed by atoms with E-state index in [2.05, 4.69) is 17.1 Å². The SMILES string of the molecule is Cc1ncc(COc2ccc(CC(C)N)cc2)s1. The molecule has 96 valence electrons. The molecule has 0 saturated carbocycles. The largest absolute Gasteiger partial charge is 0.488 e. The first kappa shape index (κ1) is 13.1. The highest BCUT2D eigenvalue weighted by atomic mass is 32.1. The minimum Gasteiger partial charge on any atom is -0.488 e. The van der Waals surface area contributed by atoms with E-state index in [-0.39, 0.29) is 6.04 Å². The van der Waals surface area contributed by atoms with Crippen LogP contribution in [-0.4, -0.2) is 11.0 Å². The number of nitrogens with zero attached hydrogens (tertiary/aromatic N) is 1. The van der Waals surface area contributed by atoms with Crippen LogP contribution in [0.15, 0.2) is 30.5 Å². The van der Waals surface area contributed by atoms with Crippen LogP contribution in [0.2, 0.25) is 0 Å². The molecule has 0 radical (unpaired) electrons. The Balaban J connectivity index is 1.90. The molecule has 1 aromatic heterocycles. The van der Waals surface area contributed by atoms with Gasteiger partial charge in [-0.1, -0.05) is 12.1 Å². The smallest absolute Gasteiger partial charge is 0.124 e. The van der Waals surface area contributed by atoms with Gasteiger partial charge in [0.15, 0.2) is 0 Å². The quantitative estimate of drug-likeness (QED) is 0.901. The zero-order chi connectivity index (χ0) is 13.0. The van der Waals surface area contributed by atoms with Crippen molar-refractivity contribution in [2.45, 2.75) is 32.9 Å². The molecular weight excluding hydrogens is 244 g/mol. The number of aryl methyl sites for hydroxylation is 1. The molecule has 2 N–H and O–H groups in total. The number of aromatic nitrogens is 1. The molecule has 3 nitrogen and oxygen atoms in total. The number of nitrogens with two attached hydrogens (primary N) is 1. The Morgan fingerprint density at radius 1 is 1.33 bits per heavy atom. The summed E-state index contributed by atoms with van der Waals surface area (Å²) in [6, 6.07) is 8.31. The van der Waals surface area contributed by atoms with Crippen LogP contribution in [0, 0.1) is 6.92 Å². The lowest BCUT2D eigenvalue weighted by molar-refractivity contribution is 0.309. The number of hydrogen-bond donors (Lipinski definition) is 1. The molecule has 2 aromatic rings. The van der Waals surface area contributed by atoms with Crippen LogP contribution in [0.3, 0.4) is 0 Å². The van der Waals surface area contributed by atoms with Crippen molar-refractivity contribution in [1.82, 2.24) is 4.98 Å². The maximum atomic E-state index is 5.76. The van der Waals surface area contributed by atoms with Crippen LogP contribution in [0.4, 0.5) is 0 Å². The lowest BCUT2D eigenvalue weighted by Crippen LogP contribution is -2.17. The second-order valence-corrected chi connectivity index (χ2v) is 5.78. The highest BCUT2D eigenvalue weighted by molar-refractivity contribution is 7.11. The van der Waals surface area contributed by atoms with Gasteiger partial charge in [-0.25, -0.2) is 4.98 Å². The third-order valence-corrected chi connectivity index (χ3v) is 3.42. The molecule has 0 aliphatic heterocycles. The van der Waals surface area contributed by atoms with Crippen molar-refractivity contribution in [2.75, 3.05) is 0 Å². The summed E-state index contributed by atoms with van der Waals surface area (Å²) in [5.41, 5.74) is 7.00. The predicted molar refractivity (Wildman–Crippen MR) is 75.0 cm³/mol. The van der Waals surface area contributed by atoms with E-state index in [4.69, 9.17) is 10.5 Å². The normalized spacial score (nSPS) is 12.4. The van der Waals surface area contributed by atoms with Crippen LogP contribution in [0.1, 0.15) is 22.4 Å². The first-order chi connectivity index (χ1) is 8.63. The Kier molecular flexibility index (Phi) is 4.33. The number of rotatable bonds is 5. The first-order valence-corrected chi connectivity index (χ1v) is 6.84. The molecule has 1 heterocycles. The van der Waals surface area contributed by atoms with Gasteiger partial charge in [-0.05, 0) is 38.0 Å². The summed E-state index contributed by atoms with van der Waals surface area (Å²) >= 11 is 1.67. The Hall–Kier alpha value is -1.39. The van der Waals surface area contributed by atoms with E-state index in [0.29, 0.717) is 6.61 Å².